The molecule has 3 nitrogen and oxygen atoms in total. The van der Waals surface area contributed by atoms with Crippen LogP contribution >= 0.6 is 0 Å². The molecule has 0 radical (unpaired) electrons. The molecule has 3 heteroatoms. The average Bonchev–Trinajstić information content (AvgIpc) is 2.36. The molecule has 2 unspecified atom stereocenters. The van der Waals surface area contributed by atoms with E-state index in [2.05, 4.69) is 11.4 Å². The highest BCUT2D eigenvalue weighted by atomic mass is 16.1. The summed E-state index contributed by atoms with van der Waals surface area (Å²) in [5.41, 5.74) is 6.46. The topological polar surface area (TPSA) is 55.1 Å². The van der Waals surface area contributed by atoms with Gasteiger partial charge in [0.2, 0.25) is 5.91 Å². The first-order chi connectivity index (χ1) is 6.29. The standard InChI is InChI=1S/C10H14N2O/c11-10(13)9-8-5-3-1-2-4-7(8)6-12-9/h1,3,5,7,9,12H,2,4,6H2,(H2,11,13). The summed E-state index contributed by atoms with van der Waals surface area (Å²) in [6.45, 7) is 0.890. The van der Waals surface area contributed by atoms with Crippen LogP contribution < -0.4 is 11.1 Å². The van der Waals surface area contributed by atoms with E-state index in [-0.39, 0.29) is 11.9 Å². The molecule has 0 bridgehead atoms. The molecule has 0 aromatic carbocycles. The lowest BCUT2D eigenvalue weighted by atomic mass is 9.94. The molecule has 2 atom stereocenters. The lowest BCUT2D eigenvalue weighted by Gasteiger charge is -2.10. The number of nitrogens with one attached hydrogen (secondary N) is 1. The number of carbonyl (C=O) groups is 1. The third-order valence-electron chi connectivity index (χ3n) is 2.76. The Morgan fingerprint density at radius 2 is 2.46 bits per heavy atom. The van der Waals surface area contributed by atoms with Crippen molar-refractivity contribution in [2.45, 2.75) is 18.9 Å². The minimum atomic E-state index is -0.260. The smallest absolute Gasteiger partial charge is 0.238 e. The van der Waals surface area contributed by atoms with Crippen molar-refractivity contribution in [2.75, 3.05) is 6.54 Å². The van der Waals surface area contributed by atoms with Crippen molar-refractivity contribution >= 4 is 5.91 Å². The molecule has 13 heavy (non-hydrogen) atoms. The van der Waals surface area contributed by atoms with Gasteiger partial charge in [0.25, 0.3) is 0 Å². The molecular weight excluding hydrogens is 164 g/mol. The molecule has 1 saturated heterocycles. The van der Waals surface area contributed by atoms with E-state index in [4.69, 9.17) is 5.73 Å². The molecule has 1 heterocycles. The molecule has 2 rings (SSSR count). The highest BCUT2D eigenvalue weighted by Gasteiger charge is 2.32. The van der Waals surface area contributed by atoms with Crippen LogP contribution in [0.1, 0.15) is 12.8 Å². The number of carbonyl (C=O) groups excluding carboxylic acids is 1. The Morgan fingerprint density at radius 1 is 1.62 bits per heavy atom. The fourth-order valence-corrected chi connectivity index (χ4v) is 2.07. The summed E-state index contributed by atoms with van der Waals surface area (Å²) in [7, 11) is 0. The number of fused-ring (bicyclic) bond motifs is 1. The van der Waals surface area contributed by atoms with Crippen LogP contribution in [0.4, 0.5) is 0 Å². The van der Waals surface area contributed by atoms with Crippen molar-refractivity contribution in [3.63, 3.8) is 0 Å². The Morgan fingerprint density at radius 3 is 3.23 bits per heavy atom. The van der Waals surface area contributed by atoms with Gasteiger partial charge in [-0.2, -0.15) is 0 Å². The minimum absolute atomic E-state index is 0.229. The zero-order chi connectivity index (χ0) is 9.26. The van der Waals surface area contributed by atoms with Crippen molar-refractivity contribution < 1.29 is 4.79 Å². The van der Waals surface area contributed by atoms with E-state index in [1.54, 1.807) is 0 Å². The zero-order valence-corrected chi connectivity index (χ0v) is 7.49. The van der Waals surface area contributed by atoms with Gasteiger partial charge in [-0.15, -0.1) is 0 Å². The first kappa shape index (κ1) is 8.51. The van der Waals surface area contributed by atoms with Crippen molar-refractivity contribution in [1.29, 1.82) is 0 Å². The van der Waals surface area contributed by atoms with Crippen LogP contribution in [0, 0.1) is 5.92 Å². The molecule has 3 N–H and O–H groups in total. The Labute approximate surface area is 77.7 Å². The third-order valence-corrected chi connectivity index (χ3v) is 2.76. The number of rotatable bonds is 1. The van der Waals surface area contributed by atoms with E-state index in [0.29, 0.717) is 5.92 Å². The molecular formula is C10H14N2O. The Hall–Kier alpha value is -1.09. The van der Waals surface area contributed by atoms with Gasteiger partial charge in [0, 0.05) is 6.54 Å². The summed E-state index contributed by atoms with van der Waals surface area (Å²) in [4.78, 5) is 11.1. The number of nitrogens with two attached hydrogens (primary N) is 1. The molecule has 0 aromatic heterocycles. The molecule has 1 aliphatic carbocycles. The minimum Gasteiger partial charge on any atom is -0.368 e. The van der Waals surface area contributed by atoms with Crippen LogP contribution in [0.5, 0.6) is 0 Å². The zero-order valence-electron chi connectivity index (χ0n) is 7.49. The molecule has 70 valence electrons. The average molecular weight is 178 g/mol. The van der Waals surface area contributed by atoms with Crippen molar-refractivity contribution in [3.05, 3.63) is 23.8 Å². The molecule has 2 aliphatic rings. The van der Waals surface area contributed by atoms with Gasteiger partial charge in [0.15, 0.2) is 0 Å². The SMILES string of the molecule is NC(=O)C1NCC2CCC=CC=C21. The second-order valence-electron chi connectivity index (χ2n) is 3.61. The summed E-state index contributed by atoms with van der Waals surface area (Å²) in [5.74, 6) is 0.247. The summed E-state index contributed by atoms with van der Waals surface area (Å²) in [6.07, 6.45) is 8.42. The largest absolute Gasteiger partial charge is 0.368 e. The van der Waals surface area contributed by atoms with Gasteiger partial charge in [0.05, 0.1) is 0 Å². The van der Waals surface area contributed by atoms with Gasteiger partial charge in [-0.25, -0.2) is 0 Å². The van der Waals surface area contributed by atoms with E-state index < -0.39 is 0 Å². The number of hydrogen-bond acceptors (Lipinski definition) is 2. The maximum absolute atomic E-state index is 11.1. The van der Waals surface area contributed by atoms with Crippen LogP contribution in [0.25, 0.3) is 0 Å². The van der Waals surface area contributed by atoms with Gasteiger partial charge < -0.3 is 11.1 Å². The van der Waals surface area contributed by atoms with Gasteiger partial charge in [-0.3, -0.25) is 4.79 Å². The lowest BCUT2D eigenvalue weighted by molar-refractivity contribution is -0.118. The van der Waals surface area contributed by atoms with Crippen LogP contribution in [0.3, 0.4) is 0 Å². The number of amides is 1. The Bertz CT molecular complexity index is 281. The number of hydrogen-bond donors (Lipinski definition) is 2. The van der Waals surface area contributed by atoms with Crippen LogP contribution in [0.2, 0.25) is 0 Å². The number of primary amides is 1. The normalized spacial score (nSPS) is 32.2. The molecule has 0 spiro atoms. The molecule has 0 saturated carbocycles. The monoisotopic (exact) mass is 178 g/mol. The second kappa shape index (κ2) is 3.34. The summed E-state index contributed by atoms with van der Waals surface area (Å²) in [6, 6.07) is -0.229. The van der Waals surface area contributed by atoms with Crippen LogP contribution in [0.15, 0.2) is 23.8 Å². The quantitative estimate of drug-likeness (QED) is 0.608. The van der Waals surface area contributed by atoms with E-state index in [1.807, 2.05) is 12.2 Å². The first-order valence-corrected chi connectivity index (χ1v) is 4.68. The van der Waals surface area contributed by atoms with Gasteiger partial charge in [-0.05, 0) is 24.3 Å². The highest BCUT2D eigenvalue weighted by Crippen LogP contribution is 2.27. The van der Waals surface area contributed by atoms with Crippen molar-refractivity contribution in [1.82, 2.24) is 5.32 Å². The third kappa shape index (κ3) is 1.52. The van der Waals surface area contributed by atoms with Crippen LogP contribution in [-0.4, -0.2) is 18.5 Å². The molecule has 0 aromatic rings. The maximum Gasteiger partial charge on any atom is 0.238 e. The van der Waals surface area contributed by atoms with Crippen LogP contribution in [-0.2, 0) is 4.79 Å². The van der Waals surface area contributed by atoms with E-state index in [1.165, 1.54) is 5.57 Å². The van der Waals surface area contributed by atoms with Gasteiger partial charge >= 0.3 is 0 Å². The summed E-state index contributed by atoms with van der Waals surface area (Å²) in [5, 5.41) is 3.15. The molecule has 1 aliphatic heterocycles. The van der Waals surface area contributed by atoms with E-state index in [0.717, 1.165) is 19.4 Å². The second-order valence-corrected chi connectivity index (χ2v) is 3.61. The fraction of sp³-hybridized carbons (Fsp3) is 0.500. The predicted octanol–water partition coefficient (Wildman–Crippen LogP) is 0.336. The maximum atomic E-state index is 11.1. The lowest BCUT2D eigenvalue weighted by Crippen LogP contribution is -2.37. The van der Waals surface area contributed by atoms with Gasteiger partial charge in [-0.1, -0.05) is 18.2 Å². The molecule has 1 amide bonds. The summed E-state index contributed by atoms with van der Waals surface area (Å²) < 4.78 is 0. The number of allylic oxidation sites excluding steroid dienone is 3. The van der Waals surface area contributed by atoms with Crippen molar-refractivity contribution in [3.8, 4) is 0 Å². The Kier molecular flexibility index (Phi) is 2.19. The Balaban J connectivity index is 2.23. The van der Waals surface area contributed by atoms with E-state index >= 15 is 0 Å². The van der Waals surface area contributed by atoms with E-state index in [9.17, 15) is 4.79 Å². The molecule has 1 fully saturated rings. The highest BCUT2D eigenvalue weighted by molar-refractivity contribution is 5.84. The van der Waals surface area contributed by atoms with Gasteiger partial charge in [0.1, 0.15) is 6.04 Å². The first-order valence-electron chi connectivity index (χ1n) is 4.68. The summed E-state index contributed by atoms with van der Waals surface area (Å²) >= 11 is 0. The fourth-order valence-electron chi connectivity index (χ4n) is 2.07. The van der Waals surface area contributed by atoms with Crippen molar-refractivity contribution in [2.24, 2.45) is 11.7 Å². The predicted molar refractivity (Wildman–Crippen MR) is 50.9 cm³/mol.